The van der Waals surface area contributed by atoms with E-state index in [1.165, 1.54) is 0 Å². The predicted octanol–water partition coefficient (Wildman–Crippen LogP) is 3.68. The van der Waals surface area contributed by atoms with Gasteiger partial charge in [-0.2, -0.15) is 5.26 Å². The number of benzene rings is 2. The average molecular weight is 343 g/mol. The number of carbonyl (C=O) groups is 1. The third-order valence-corrected chi connectivity index (χ3v) is 3.77. The molecule has 3 aromatic rings. The van der Waals surface area contributed by atoms with Gasteiger partial charge in [0.1, 0.15) is 17.3 Å². The fourth-order valence-electron chi connectivity index (χ4n) is 2.50. The number of aryl methyl sites for hydroxylation is 1. The van der Waals surface area contributed by atoms with E-state index >= 15 is 0 Å². The maximum absolute atomic E-state index is 12.8. The Morgan fingerprint density at radius 3 is 2.58 bits per heavy atom. The molecular formula is C20H17N5O. The second-order valence-corrected chi connectivity index (χ2v) is 5.70. The summed E-state index contributed by atoms with van der Waals surface area (Å²) in [6.07, 6.45) is 0. The van der Waals surface area contributed by atoms with Crippen LogP contribution in [0.4, 0.5) is 17.2 Å². The van der Waals surface area contributed by atoms with Crippen molar-refractivity contribution < 1.29 is 4.79 Å². The summed E-state index contributed by atoms with van der Waals surface area (Å²) in [4.78, 5) is 22.9. The quantitative estimate of drug-likeness (QED) is 0.781. The largest absolute Gasteiger partial charge is 0.340 e. The first-order chi connectivity index (χ1) is 12.6. The Hall–Kier alpha value is -3.72. The van der Waals surface area contributed by atoms with Crippen LogP contribution < -0.4 is 10.2 Å². The molecule has 1 N–H and O–H groups in total. The molecule has 0 saturated carbocycles. The average Bonchev–Trinajstić information content (AvgIpc) is 2.67. The van der Waals surface area contributed by atoms with Gasteiger partial charge in [0.05, 0.1) is 11.6 Å². The number of amides is 1. The van der Waals surface area contributed by atoms with Crippen LogP contribution in [0.15, 0.2) is 60.7 Å². The van der Waals surface area contributed by atoms with Crippen LogP contribution in [0, 0.1) is 18.3 Å². The molecule has 0 bridgehead atoms. The molecule has 0 aliphatic heterocycles. The minimum atomic E-state index is -0.226. The van der Waals surface area contributed by atoms with E-state index in [0.29, 0.717) is 22.9 Å². The Labute approximate surface area is 151 Å². The highest BCUT2D eigenvalue weighted by atomic mass is 16.2. The fraction of sp³-hybridized carbons (Fsp3) is 0.100. The van der Waals surface area contributed by atoms with Gasteiger partial charge in [-0.05, 0) is 37.3 Å². The molecule has 0 aliphatic rings. The topological polar surface area (TPSA) is 81.9 Å². The molecule has 0 fully saturated rings. The highest BCUT2D eigenvalue weighted by molar-refractivity contribution is 6.04. The molecule has 128 valence electrons. The van der Waals surface area contributed by atoms with Crippen molar-refractivity contribution in [1.29, 1.82) is 5.26 Å². The van der Waals surface area contributed by atoms with E-state index in [9.17, 15) is 4.79 Å². The third-order valence-electron chi connectivity index (χ3n) is 3.77. The van der Waals surface area contributed by atoms with E-state index in [1.54, 1.807) is 43.1 Å². The summed E-state index contributed by atoms with van der Waals surface area (Å²) in [6, 6.07) is 20.1. The SMILES string of the molecule is Cc1nc(Nc2cccc(C#N)c2)cc(C(=O)N(C)c2ccccc2)n1. The van der Waals surface area contributed by atoms with Crippen molar-refractivity contribution in [2.24, 2.45) is 0 Å². The normalized spacial score (nSPS) is 10.0. The van der Waals surface area contributed by atoms with Gasteiger partial charge < -0.3 is 10.2 Å². The van der Waals surface area contributed by atoms with Gasteiger partial charge in [0, 0.05) is 24.5 Å². The van der Waals surface area contributed by atoms with Gasteiger partial charge in [0.15, 0.2) is 0 Å². The number of aromatic nitrogens is 2. The minimum Gasteiger partial charge on any atom is -0.340 e. The number of carbonyl (C=O) groups excluding carboxylic acids is 1. The van der Waals surface area contributed by atoms with Gasteiger partial charge in [0.25, 0.3) is 5.91 Å². The van der Waals surface area contributed by atoms with Gasteiger partial charge in [-0.1, -0.05) is 24.3 Å². The van der Waals surface area contributed by atoms with Gasteiger partial charge in [0.2, 0.25) is 0 Å². The van der Waals surface area contributed by atoms with Crippen molar-refractivity contribution in [3.63, 3.8) is 0 Å². The predicted molar refractivity (Wildman–Crippen MR) is 100 cm³/mol. The van der Waals surface area contributed by atoms with Crippen molar-refractivity contribution in [3.05, 3.63) is 77.7 Å². The maximum atomic E-state index is 12.8. The smallest absolute Gasteiger partial charge is 0.276 e. The van der Waals surface area contributed by atoms with Crippen molar-refractivity contribution in [1.82, 2.24) is 9.97 Å². The minimum absolute atomic E-state index is 0.226. The molecule has 26 heavy (non-hydrogen) atoms. The molecule has 1 heterocycles. The monoisotopic (exact) mass is 343 g/mol. The van der Waals surface area contributed by atoms with Crippen LogP contribution in [0.1, 0.15) is 21.9 Å². The Balaban J connectivity index is 1.87. The van der Waals surface area contributed by atoms with Gasteiger partial charge in [-0.25, -0.2) is 9.97 Å². The number of nitriles is 1. The van der Waals surface area contributed by atoms with E-state index in [0.717, 1.165) is 11.4 Å². The standard InChI is InChI=1S/C20H17N5O/c1-14-22-18(20(26)25(2)17-9-4-3-5-10-17)12-19(23-14)24-16-8-6-7-15(11-16)13-21/h3-12H,1-2H3,(H,22,23,24). The lowest BCUT2D eigenvalue weighted by Gasteiger charge is -2.17. The zero-order valence-electron chi connectivity index (χ0n) is 14.5. The lowest BCUT2D eigenvalue weighted by Crippen LogP contribution is -2.27. The number of nitrogens with one attached hydrogen (secondary N) is 1. The van der Waals surface area contributed by atoms with Crippen LogP contribution in [0.2, 0.25) is 0 Å². The first-order valence-corrected chi connectivity index (χ1v) is 8.03. The molecule has 0 unspecified atom stereocenters. The summed E-state index contributed by atoms with van der Waals surface area (Å²) in [6.45, 7) is 1.73. The van der Waals surface area contributed by atoms with Crippen molar-refractivity contribution >= 4 is 23.1 Å². The second kappa shape index (κ2) is 7.45. The highest BCUT2D eigenvalue weighted by Crippen LogP contribution is 2.19. The van der Waals surface area contributed by atoms with Crippen molar-refractivity contribution in [3.8, 4) is 6.07 Å². The van der Waals surface area contributed by atoms with Gasteiger partial charge in [-0.3, -0.25) is 4.79 Å². The first kappa shape index (κ1) is 17.1. The molecule has 0 saturated heterocycles. The summed E-state index contributed by atoms with van der Waals surface area (Å²) in [5.74, 6) is 0.754. The van der Waals surface area contributed by atoms with Crippen LogP contribution in [0.3, 0.4) is 0 Å². The summed E-state index contributed by atoms with van der Waals surface area (Å²) in [7, 11) is 1.71. The molecule has 1 amide bonds. The zero-order chi connectivity index (χ0) is 18.5. The van der Waals surface area contributed by atoms with Crippen LogP contribution in [-0.4, -0.2) is 22.9 Å². The molecule has 2 aromatic carbocycles. The van der Waals surface area contributed by atoms with Crippen molar-refractivity contribution in [2.45, 2.75) is 6.92 Å². The van der Waals surface area contributed by atoms with Crippen LogP contribution in [0.25, 0.3) is 0 Å². The summed E-state index contributed by atoms with van der Waals surface area (Å²) >= 11 is 0. The van der Waals surface area contributed by atoms with E-state index < -0.39 is 0 Å². The van der Waals surface area contributed by atoms with Crippen LogP contribution in [-0.2, 0) is 0 Å². The van der Waals surface area contributed by atoms with E-state index in [1.807, 2.05) is 36.4 Å². The molecule has 1 aromatic heterocycles. The molecule has 3 rings (SSSR count). The van der Waals surface area contributed by atoms with E-state index in [-0.39, 0.29) is 5.91 Å². The van der Waals surface area contributed by atoms with Crippen LogP contribution in [0.5, 0.6) is 0 Å². The summed E-state index contributed by atoms with van der Waals surface area (Å²) in [5, 5.41) is 12.1. The van der Waals surface area contributed by atoms with E-state index in [4.69, 9.17) is 5.26 Å². The number of nitrogens with zero attached hydrogens (tertiary/aromatic N) is 4. The fourth-order valence-corrected chi connectivity index (χ4v) is 2.50. The van der Waals surface area contributed by atoms with Gasteiger partial charge >= 0.3 is 0 Å². The number of rotatable bonds is 4. The number of hydrogen-bond acceptors (Lipinski definition) is 5. The van der Waals surface area contributed by atoms with Crippen LogP contribution >= 0.6 is 0 Å². The lowest BCUT2D eigenvalue weighted by atomic mass is 10.2. The summed E-state index contributed by atoms with van der Waals surface area (Å²) in [5.41, 5.74) is 2.34. The van der Waals surface area contributed by atoms with Gasteiger partial charge in [-0.15, -0.1) is 0 Å². The van der Waals surface area contributed by atoms with E-state index in [2.05, 4.69) is 21.4 Å². The zero-order valence-corrected chi connectivity index (χ0v) is 14.5. The molecule has 0 atom stereocenters. The molecule has 0 spiro atoms. The van der Waals surface area contributed by atoms with Crippen molar-refractivity contribution in [2.75, 3.05) is 17.3 Å². The lowest BCUT2D eigenvalue weighted by molar-refractivity contribution is 0.0988. The molecular weight excluding hydrogens is 326 g/mol. The Kier molecular flexibility index (Phi) is 4.90. The maximum Gasteiger partial charge on any atom is 0.276 e. The molecule has 0 aliphatic carbocycles. The Morgan fingerprint density at radius 1 is 1.08 bits per heavy atom. The summed E-state index contributed by atoms with van der Waals surface area (Å²) < 4.78 is 0. The molecule has 6 nitrogen and oxygen atoms in total. The Morgan fingerprint density at radius 2 is 1.85 bits per heavy atom. The Bertz CT molecular complexity index is 979. The molecule has 0 radical (unpaired) electrons. The number of anilines is 3. The number of para-hydroxylation sites is 1. The molecule has 6 heteroatoms. The number of hydrogen-bond donors (Lipinski definition) is 1. The second-order valence-electron chi connectivity index (χ2n) is 5.70. The first-order valence-electron chi connectivity index (χ1n) is 8.03. The highest BCUT2D eigenvalue weighted by Gasteiger charge is 2.16. The third kappa shape index (κ3) is 3.84.